The fourth-order valence-corrected chi connectivity index (χ4v) is 5.64. The molecule has 42 heavy (non-hydrogen) atoms. The SMILES string of the molecule is C/C=C/CC/C=C/CC/C=C/C(O)C(CS(=O)(=O)O)NC(=O)C(O)CCCCCCCCCCCCCCCCCC. The first-order valence-corrected chi connectivity index (χ1v) is 18.4. The van der Waals surface area contributed by atoms with E-state index >= 15 is 0 Å². The van der Waals surface area contributed by atoms with Gasteiger partial charge in [0.25, 0.3) is 10.1 Å². The molecule has 3 atom stereocenters. The van der Waals surface area contributed by atoms with Crippen molar-refractivity contribution in [3.05, 3.63) is 36.5 Å². The number of aliphatic hydroxyl groups excluding tert-OH is 2. The number of rotatable bonds is 29. The summed E-state index contributed by atoms with van der Waals surface area (Å²) in [5.41, 5.74) is 0. The van der Waals surface area contributed by atoms with Gasteiger partial charge in [-0.3, -0.25) is 9.35 Å². The summed E-state index contributed by atoms with van der Waals surface area (Å²) in [6.45, 7) is 4.24. The Morgan fingerprint density at radius 3 is 1.57 bits per heavy atom. The molecule has 0 aromatic heterocycles. The van der Waals surface area contributed by atoms with E-state index in [1.54, 1.807) is 6.08 Å². The molecule has 7 nitrogen and oxygen atoms in total. The number of hydrogen-bond acceptors (Lipinski definition) is 5. The maximum Gasteiger partial charge on any atom is 0.267 e. The van der Waals surface area contributed by atoms with Gasteiger partial charge in [-0.1, -0.05) is 146 Å². The number of allylic oxidation sites excluding steroid dienone is 5. The Hall–Kier alpha value is -1.48. The third kappa shape index (κ3) is 27.4. The Morgan fingerprint density at radius 1 is 0.690 bits per heavy atom. The van der Waals surface area contributed by atoms with Crippen molar-refractivity contribution < 1.29 is 28.0 Å². The summed E-state index contributed by atoms with van der Waals surface area (Å²) >= 11 is 0. The summed E-state index contributed by atoms with van der Waals surface area (Å²) in [6.07, 6.45) is 32.3. The molecule has 4 N–H and O–H groups in total. The molecule has 0 saturated heterocycles. The zero-order chi connectivity index (χ0) is 31.3. The van der Waals surface area contributed by atoms with E-state index in [0.29, 0.717) is 12.8 Å². The lowest BCUT2D eigenvalue weighted by atomic mass is 10.0. The topological polar surface area (TPSA) is 124 Å². The number of carbonyl (C=O) groups excluding carboxylic acids is 1. The van der Waals surface area contributed by atoms with Crippen molar-refractivity contribution in [3.63, 3.8) is 0 Å². The van der Waals surface area contributed by atoms with Crippen LogP contribution in [0.4, 0.5) is 0 Å². The molecule has 246 valence electrons. The fraction of sp³-hybridized carbons (Fsp3) is 0.794. The molecule has 8 heteroatoms. The molecule has 0 aliphatic heterocycles. The van der Waals surface area contributed by atoms with Gasteiger partial charge >= 0.3 is 0 Å². The average Bonchev–Trinajstić information content (AvgIpc) is 2.94. The van der Waals surface area contributed by atoms with E-state index in [2.05, 4.69) is 24.4 Å². The Labute approximate surface area is 258 Å². The summed E-state index contributed by atoms with van der Waals surface area (Å²) in [6, 6.07) is -1.25. The van der Waals surface area contributed by atoms with Crippen LogP contribution < -0.4 is 5.32 Å². The summed E-state index contributed by atoms with van der Waals surface area (Å²) in [5.74, 6) is -1.57. The lowest BCUT2D eigenvalue weighted by Crippen LogP contribution is -2.50. The van der Waals surface area contributed by atoms with E-state index in [1.165, 1.54) is 83.1 Å². The molecule has 0 bridgehead atoms. The van der Waals surface area contributed by atoms with Crippen LogP contribution in [0.5, 0.6) is 0 Å². The van der Waals surface area contributed by atoms with Crippen LogP contribution in [0.15, 0.2) is 36.5 Å². The Balaban J connectivity index is 4.11. The van der Waals surface area contributed by atoms with Gasteiger partial charge in [-0.25, -0.2) is 0 Å². The Bertz CT molecular complexity index is 824. The highest BCUT2D eigenvalue weighted by molar-refractivity contribution is 7.85. The van der Waals surface area contributed by atoms with Gasteiger partial charge < -0.3 is 15.5 Å². The van der Waals surface area contributed by atoms with Crippen molar-refractivity contribution in [1.82, 2.24) is 5.32 Å². The highest BCUT2D eigenvalue weighted by Gasteiger charge is 2.27. The zero-order valence-corrected chi connectivity index (χ0v) is 27.5. The van der Waals surface area contributed by atoms with E-state index < -0.39 is 40.0 Å². The molecule has 0 fully saturated rings. The molecular formula is C34H63NO6S. The maximum absolute atomic E-state index is 12.5. The molecular weight excluding hydrogens is 550 g/mol. The second-order valence-corrected chi connectivity index (χ2v) is 13.1. The molecule has 0 aliphatic carbocycles. The van der Waals surface area contributed by atoms with Crippen LogP contribution in [0.2, 0.25) is 0 Å². The molecule has 0 aliphatic rings. The molecule has 0 aromatic rings. The number of nitrogens with one attached hydrogen (secondary N) is 1. The maximum atomic E-state index is 12.5. The average molecular weight is 614 g/mol. The largest absolute Gasteiger partial charge is 0.387 e. The molecule has 0 saturated carbocycles. The number of carbonyl (C=O) groups is 1. The first-order valence-electron chi connectivity index (χ1n) is 16.8. The normalized spacial score (nSPS) is 14.7. The smallest absolute Gasteiger partial charge is 0.267 e. The number of aliphatic hydroxyl groups is 2. The van der Waals surface area contributed by atoms with Gasteiger partial charge in [0.15, 0.2) is 0 Å². The Morgan fingerprint density at radius 2 is 1.12 bits per heavy atom. The molecule has 3 unspecified atom stereocenters. The van der Waals surface area contributed by atoms with Gasteiger partial charge in [-0.15, -0.1) is 0 Å². The third-order valence-corrected chi connectivity index (χ3v) is 8.28. The van der Waals surface area contributed by atoms with Crippen molar-refractivity contribution in [1.29, 1.82) is 0 Å². The van der Waals surface area contributed by atoms with Gasteiger partial charge in [0.2, 0.25) is 5.91 Å². The van der Waals surface area contributed by atoms with Crippen LogP contribution in [0.1, 0.15) is 149 Å². The minimum Gasteiger partial charge on any atom is -0.387 e. The van der Waals surface area contributed by atoms with Gasteiger partial charge in [0.05, 0.1) is 17.9 Å². The fourth-order valence-electron chi connectivity index (χ4n) is 4.91. The van der Waals surface area contributed by atoms with Crippen molar-refractivity contribution in [2.45, 2.75) is 167 Å². The van der Waals surface area contributed by atoms with E-state index in [4.69, 9.17) is 0 Å². The third-order valence-electron chi connectivity index (χ3n) is 7.50. The van der Waals surface area contributed by atoms with E-state index in [1.807, 2.05) is 19.1 Å². The number of amides is 1. The van der Waals surface area contributed by atoms with Crippen LogP contribution in [-0.2, 0) is 14.9 Å². The lowest BCUT2D eigenvalue weighted by Gasteiger charge is -2.22. The quantitative estimate of drug-likeness (QED) is 0.0385. The van der Waals surface area contributed by atoms with Crippen LogP contribution >= 0.6 is 0 Å². The predicted octanol–water partition coefficient (Wildman–Crippen LogP) is 7.98. The minimum atomic E-state index is -4.44. The summed E-state index contributed by atoms with van der Waals surface area (Å²) in [4.78, 5) is 12.5. The van der Waals surface area contributed by atoms with Gasteiger partial charge in [-0.05, 0) is 39.0 Å². The standard InChI is InChI=1S/C34H63NO6S/c1-3-5-7-9-11-13-14-15-16-17-18-19-21-23-25-27-29-33(37)34(38)35-31(30-42(39,40)41)32(36)28-26-24-22-20-12-10-8-6-4-2/h4,6,12,20,26,28,31-33,36-37H,3,5,7-11,13-19,21-25,27,29-30H2,1-2H3,(H,35,38)(H,39,40,41)/b6-4+,20-12+,28-26+. The highest BCUT2D eigenvalue weighted by Crippen LogP contribution is 2.14. The monoisotopic (exact) mass is 613 g/mol. The van der Waals surface area contributed by atoms with Crippen LogP contribution in [-0.4, -0.2) is 53.1 Å². The van der Waals surface area contributed by atoms with Crippen LogP contribution in [0.3, 0.4) is 0 Å². The van der Waals surface area contributed by atoms with Crippen LogP contribution in [0, 0.1) is 0 Å². The van der Waals surface area contributed by atoms with Crippen molar-refractivity contribution in [2.24, 2.45) is 0 Å². The Kier molecular flexibility index (Phi) is 27.3. The number of unbranched alkanes of at least 4 members (excludes halogenated alkanes) is 17. The number of hydrogen-bond donors (Lipinski definition) is 4. The highest BCUT2D eigenvalue weighted by atomic mass is 32.2. The van der Waals surface area contributed by atoms with Gasteiger partial charge in [0.1, 0.15) is 6.10 Å². The van der Waals surface area contributed by atoms with Gasteiger partial charge in [0, 0.05) is 0 Å². The second-order valence-electron chi connectivity index (χ2n) is 11.6. The van der Waals surface area contributed by atoms with Crippen LogP contribution in [0.25, 0.3) is 0 Å². The summed E-state index contributed by atoms with van der Waals surface area (Å²) in [7, 11) is -4.44. The lowest BCUT2D eigenvalue weighted by molar-refractivity contribution is -0.130. The van der Waals surface area contributed by atoms with Crippen molar-refractivity contribution in [3.8, 4) is 0 Å². The molecule has 1 amide bonds. The summed E-state index contributed by atoms with van der Waals surface area (Å²) < 4.78 is 32.2. The van der Waals surface area contributed by atoms with E-state index in [0.717, 1.165) is 38.5 Å². The molecule has 0 spiro atoms. The predicted molar refractivity (Wildman–Crippen MR) is 176 cm³/mol. The molecule has 0 rings (SSSR count). The summed E-state index contributed by atoms with van der Waals surface area (Å²) in [5, 5.41) is 23.1. The minimum absolute atomic E-state index is 0.273. The van der Waals surface area contributed by atoms with Crippen molar-refractivity contribution >= 4 is 16.0 Å². The molecule has 0 aromatic carbocycles. The van der Waals surface area contributed by atoms with E-state index in [-0.39, 0.29) is 6.42 Å². The van der Waals surface area contributed by atoms with E-state index in [9.17, 15) is 28.0 Å². The first kappa shape index (κ1) is 40.5. The first-order chi connectivity index (χ1) is 20.2. The molecule has 0 heterocycles. The van der Waals surface area contributed by atoms with Crippen molar-refractivity contribution in [2.75, 3.05) is 5.75 Å². The molecule has 0 radical (unpaired) electrons. The van der Waals surface area contributed by atoms with Gasteiger partial charge in [-0.2, -0.15) is 8.42 Å². The second kappa shape index (κ2) is 28.3. The zero-order valence-electron chi connectivity index (χ0n) is 26.7.